The molecule has 3 rings (SSSR count). The van der Waals surface area contributed by atoms with Gasteiger partial charge in [0.25, 0.3) is 0 Å². The minimum atomic E-state index is -0.437. The highest BCUT2D eigenvalue weighted by atomic mass is 16.2. The number of urea groups is 1. The lowest BCUT2D eigenvalue weighted by atomic mass is 10.3. The Labute approximate surface area is 102 Å². The van der Waals surface area contributed by atoms with E-state index in [0.717, 1.165) is 5.52 Å². The first-order valence-electron chi connectivity index (χ1n) is 5.51. The minimum Gasteiger partial charge on any atom is -0.382 e. The van der Waals surface area contributed by atoms with Gasteiger partial charge in [-0.2, -0.15) is 0 Å². The summed E-state index contributed by atoms with van der Waals surface area (Å²) in [5, 5.41) is 6.40. The van der Waals surface area contributed by atoms with Crippen molar-refractivity contribution in [2.75, 3.05) is 17.2 Å². The molecular weight excluding hydrogens is 234 g/mol. The molecule has 0 spiro atoms. The molecule has 0 unspecified atom stereocenters. The largest absolute Gasteiger partial charge is 0.382 e. The van der Waals surface area contributed by atoms with E-state index in [9.17, 15) is 9.59 Å². The number of nitrogen functional groups attached to an aromatic ring is 1. The predicted molar refractivity (Wildman–Crippen MR) is 65.1 cm³/mol. The van der Waals surface area contributed by atoms with Crippen molar-refractivity contribution in [3.05, 3.63) is 24.3 Å². The summed E-state index contributed by atoms with van der Waals surface area (Å²) in [6.45, 7) is 0.337. The number of carbonyl (C=O) groups excluding carboxylic acids is 2. The van der Waals surface area contributed by atoms with E-state index < -0.39 is 6.03 Å². The molecule has 2 aromatic rings. The van der Waals surface area contributed by atoms with Crippen LogP contribution in [0.15, 0.2) is 24.3 Å². The van der Waals surface area contributed by atoms with Crippen LogP contribution in [0.1, 0.15) is 6.42 Å². The Balaban J connectivity index is 2.08. The molecular formula is C11H11N5O2. The van der Waals surface area contributed by atoms with Crippen molar-refractivity contribution in [3.63, 3.8) is 0 Å². The highest BCUT2D eigenvalue weighted by Gasteiger charge is 2.25. The quantitative estimate of drug-likeness (QED) is 0.758. The summed E-state index contributed by atoms with van der Waals surface area (Å²) in [4.78, 5) is 24.4. The lowest BCUT2D eigenvalue weighted by Gasteiger charge is -2.26. The fourth-order valence-corrected chi connectivity index (χ4v) is 2.01. The van der Waals surface area contributed by atoms with Gasteiger partial charge in [0, 0.05) is 19.0 Å². The summed E-state index contributed by atoms with van der Waals surface area (Å²) >= 11 is 0. The Morgan fingerprint density at radius 2 is 2.17 bits per heavy atom. The fourth-order valence-electron chi connectivity index (χ4n) is 2.01. The predicted octanol–water partition coefficient (Wildman–Crippen LogP) is 0.363. The van der Waals surface area contributed by atoms with E-state index in [-0.39, 0.29) is 12.3 Å². The molecule has 0 aliphatic carbocycles. The van der Waals surface area contributed by atoms with Crippen molar-refractivity contribution in [3.8, 4) is 0 Å². The number of amides is 3. The minimum absolute atomic E-state index is 0.261. The van der Waals surface area contributed by atoms with E-state index in [0.29, 0.717) is 18.2 Å². The zero-order valence-electron chi connectivity index (χ0n) is 9.46. The van der Waals surface area contributed by atoms with E-state index in [1.807, 2.05) is 12.1 Å². The Hall–Kier alpha value is -2.57. The first kappa shape index (κ1) is 10.6. The maximum atomic E-state index is 11.8. The van der Waals surface area contributed by atoms with Gasteiger partial charge in [0.1, 0.15) is 11.6 Å². The van der Waals surface area contributed by atoms with Crippen LogP contribution >= 0.6 is 0 Å². The summed E-state index contributed by atoms with van der Waals surface area (Å²) < 4.78 is 1.59. The summed E-state index contributed by atoms with van der Waals surface area (Å²) in [5.74, 6) is 0.716. The number of rotatable bonds is 1. The van der Waals surface area contributed by atoms with Crippen molar-refractivity contribution in [1.29, 1.82) is 0 Å². The number of fused-ring (bicyclic) bond motifs is 1. The zero-order chi connectivity index (χ0) is 12.7. The molecule has 1 fully saturated rings. The fraction of sp³-hybridized carbons (Fsp3) is 0.182. The summed E-state index contributed by atoms with van der Waals surface area (Å²) in [6.07, 6.45) is 0.277. The third kappa shape index (κ3) is 1.56. The SMILES string of the molecule is Nc1cc2cccc(N3CCC(=O)NC3=O)n2n1. The second-order valence-corrected chi connectivity index (χ2v) is 4.04. The molecule has 3 N–H and O–H groups in total. The first-order valence-corrected chi connectivity index (χ1v) is 5.51. The van der Waals surface area contributed by atoms with E-state index in [1.54, 1.807) is 16.6 Å². The Bertz CT molecular complexity index is 648. The monoisotopic (exact) mass is 245 g/mol. The summed E-state index contributed by atoms with van der Waals surface area (Å²) in [7, 11) is 0. The van der Waals surface area contributed by atoms with Crippen LogP contribution in [0.5, 0.6) is 0 Å². The maximum Gasteiger partial charge on any atom is 0.329 e. The normalized spacial score (nSPS) is 16.1. The van der Waals surface area contributed by atoms with Crippen LogP contribution < -0.4 is 16.0 Å². The van der Waals surface area contributed by atoms with Gasteiger partial charge in [-0.15, -0.1) is 5.10 Å². The number of hydrogen-bond donors (Lipinski definition) is 2. The van der Waals surface area contributed by atoms with Gasteiger partial charge in [-0.05, 0) is 12.1 Å². The molecule has 3 amide bonds. The number of nitrogens with zero attached hydrogens (tertiary/aromatic N) is 3. The summed E-state index contributed by atoms with van der Waals surface area (Å²) in [5.41, 5.74) is 6.44. The van der Waals surface area contributed by atoms with E-state index in [2.05, 4.69) is 10.4 Å². The van der Waals surface area contributed by atoms with Crippen molar-refractivity contribution in [1.82, 2.24) is 14.9 Å². The van der Waals surface area contributed by atoms with Crippen LogP contribution in [0.3, 0.4) is 0 Å². The smallest absolute Gasteiger partial charge is 0.329 e. The summed E-state index contributed by atoms with van der Waals surface area (Å²) in [6, 6.07) is 6.70. The number of anilines is 2. The van der Waals surface area contributed by atoms with Crippen molar-refractivity contribution < 1.29 is 9.59 Å². The maximum absolute atomic E-state index is 11.8. The number of nitrogens with one attached hydrogen (secondary N) is 1. The van der Waals surface area contributed by atoms with Gasteiger partial charge in [0.15, 0.2) is 0 Å². The van der Waals surface area contributed by atoms with Gasteiger partial charge in [-0.3, -0.25) is 15.0 Å². The molecule has 0 saturated carbocycles. The van der Waals surface area contributed by atoms with E-state index in [4.69, 9.17) is 5.73 Å². The average molecular weight is 245 g/mol. The zero-order valence-corrected chi connectivity index (χ0v) is 9.46. The van der Waals surface area contributed by atoms with Crippen LogP contribution in [0.4, 0.5) is 16.4 Å². The lowest BCUT2D eigenvalue weighted by molar-refractivity contribution is -0.120. The van der Waals surface area contributed by atoms with Crippen LogP contribution in [-0.2, 0) is 4.79 Å². The van der Waals surface area contributed by atoms with Gasteiger partial charge in [-0.25, -0.2) is 9.31 Å². The number of aromatic nitrogens is 2. The molecule has 1 aliphatic heterocycles. The van der Waals surface area contributed by atoms with Crippen molar-refractivity contribution >= 4 is 29.1 Å². The third-order valence-electron chi connectivity index (χ3n) is 2.82. The number of nitrogens with two attached hydrogens (primary N) is 1. The molecule has 7 heteroatoms. The Kier molecular flexibility index (Phi) is 2.19. The molecule has 7 nitrogen and oxygen atoms in total. The van der Waals surface area contributed by atoms with Crippen molar-refractivity contribution in [2.45, 2.75) is 6.42 Å². The molecule has 0 atom stereocenters. The highest BCUT2D eigenvalue weighted by molar-refractivity contribution is 6.05. The number of imide groups is 1. The Morgan fingerprint density at radius 3 is 2.94 bits per heavy atom. The highest BCUT2D eigenvalue weighted by Crippen LogP contribution is 2.20. The Morgan fingerprint density at radius 1 is 1.33 bits per heavy atom. The van der Waals surface area contributed by atoms with Gasteiger partial charge in [0.2, 0.25) is 5.91 Å². The average Bonchev–Trinajstić information content (AvgIpc) is 2.69. The van der Waals surface area contributed by atoms with Gasteiger partial charge in [-0.1, -0.05) is 6.07 Å². The standard InChI is InChI=1S/C11H11N5O2/c12-8-6-7-2-1-3-10(16(7)14-8)15-5-4-9(17)13-11(15)18/h1-3,6H,4-5H2,(H2,12,14)(H,13,17,18). The van der Waals surface area contributed by atoms with E-state index >= 15 is 0 Å². The molecule has 1 saturated heterocycles. The number of carbonyl (C=O) groups is 2. The van der Waals surface area contributed by atoms with Crippen LogP contribution in [0.2, 0.25) is 0 Å². The molecule has 0 radical (unpaired) electrons. The van der Waals surface area contributed by atoms with Crippen LogP contribution in [-0.4, -0.2) is 28.1 Å². The van der Waals surface area contributed by atoms with Crippen molar-refractivity contribution in [2.24, 2.45) is 0 Å². The second-order valence-electron chi connectivity index (χ2n) is 4.04. The van der Waals surface area contributed by atoms with Crippen LogP contribution in [0, 0.1) is 0 Å². The van der Waals surface area contributed by atoms with Gasteiger partial charge >= 0.3 is 6.03 Å². The molecule has 1 aliphatic rings. The first-order chi connectivity index (χ1) is 8.65. The molecule has 3 heterocycles. The molecule has 18 heavy (non-hydrogen) atoms. The van der Waals surface area contributed by atoms with Crippen LogP contribution in [0.25, 0.3) is 5.52 Å². The second kappa shape index (κ2) is 3.73. The molecule has 92 valence electrons. The number of hydrogen-bond acceptors (Lipinski definition) is 4. The molecule has 0 bridgehead atoms. The molecule has 2 aromatic heterocycles. The molecule has 0 aromatic carbocycles. The topological polar surface area (TPSA) is 92.7 Å². The van der Waals surface area contributed by atoms with Gasteiger partial charge < -0.3 is 5.73 Å². The van der Waals surface area contributed by atoms with E-state index in [1.165, 1.54) is 4.90 Å². The number of pyridine rings is 1. The lowest BCUT2D eigenvalue weighted by Crippen LogP contribution is -2.50. The van der Waals surface area contributed by atoms with Gasteiger partial charge in [0.05, 0.1) is 5.52 Å². The third-order valence-corrected chi connectivity index (χ3v) is 2.82.